The van der Waals surface area contributed by atoms with E-state index in [-0.39, 0.29) is 5.91 Å². The molecule has 0 radical (unpaired) electrons. The van der Waals surface area contributed by atoms with Crippen molar-refractivity contribution in [3.05, 3.63) is 35.3 Å². The zero-order valence-electron chi connectivity index (χ0n) is 7.02. The molecule has 64 valence electrons. The Hall–Kier alpha value is -1.58. The molecule has 0 aliphatic heterocycles. The number of hydrogen-bond donors (Lipinski definition) is 0. The highest BCUT2D eigenvalue weighted by Gasteiger charge is 2.09. The average Bonchev–Trinajstić information content (AvgIpc) is 2.03. The highest BCUT2D eigenvalue weighted by molar-refractivity contribution is 5.93. The highest BCUT2D eigenvalue weighted by Crippen LogP contribution is 1.97. The molecule has 12 heavy (non-hydrogen) atoms. The lowest BCUT2D eigenvalue weighted by Gasteiger charge is -2.08. The van der Waals surface area contributed by atoms with Crippen LogP contribution in [0.25, 0.3) is 0 Å². The van der Waals surface area contributed by atoms with Gasteiger partial charge >= 0.3 is 0 Å². The van der Waals surface area contributed by atoms with E-state index < -0.39 is 0 Å². The zero-order chi connectivity index (χ0) is 9.14. The second kappa shape index (κ2) is 3.21. The van der Waals surface area contributed by atoms with Crippen LogP contribution in [0.15, 0.2) is 24.5 Å². The molecule has 0 N–H and O–H groups in total. The highest BCUT2D eigenvalue weighted by atomic mass is 16.5. The van der Waals surface area contributed by atoms with E-state index in [4.69, 9.17) is 0 Å². The van der Waals surface area contributed by atoms with Crippen molar-refractivity contribution in [3.8, 4) is 0 Å². The van der Waals surface area contributed by atoms with Crippen molar-refractivity contribution in [3.63, 3.8) is 0 Å². The van der Waals surface area contributed by atoms with Gasteiger partial charge in [-0.25, -0.2) is 0 Å². The quantitative estimate of drug-likeness (QED) is 0.436. The van der Waals surface area contributed by atoms with Crippen LogP contribution in [0.2, 0.25) is 0 Å². The Morgan fingerprint density at radius 2 is 2.25 bits per heavy atom. The molecule has 0 aliphatic carbocycles. The fraction of sp³-hybridized carbons (Fsp3) is 0.250. The summed E-state index contributed by atoms with van der Waals surface area (Å²) >= 11 is 0. The summed E-state index contributed by atoms with van der Waals surface area (Å²) in [6.07, 6.45) is 2.59. The summed E-state index contributed by atoms with van der Waals surface area (Å²) in [4.78, 5) is 12.7. The summed E-state index contributed by atoms with van der Waals surface area (Å²) in [7, 11) is 3.29. The van der Waals surface area contributed by atoms with Crippen molar-refractivity contribution < 1.29 is 9.52 Å². The van der Waals surface area contributed by atoms with Crippen LogP contribution < -0.4 is 4.73 Å². The van der Waals surface area contributed by atoms with Gasteiger partial charge in [0.15, 0.2) is 12.4 Å². The van der Waals surface area contributed by atoms with Crippen LogP contribution >= 0.6 is 0 Å². The summed E-state index contributed by atoms with van der Waals surface area (Å²) in [5, 5.41) is 10.8. The molecule has 0 bridgehead atoms. The molecule has 4 nitrogen and oxygen atoms in total. The Labute approximate surface area is 70.6 Å². The van der Waals surface area contributed by atoms with Crippen LogP contribution in [0.4, 0.5) is 0 Å². The number of rotatable bonds is 1. The molecule has 0 spiro atoms. The Morgan fingerprint density at radius 1 is 1.58 bits per heavy atom. The minimum Gasteiger partial charge on any atom is -0.619 e. The second-order valence-electron chi connectivity index (χ2n) is 2.65. The van der Waals surface area contributed by atoms with Crippen molar-refractivity contribution in [1.29, 1.82) is 0 Å². The number of aromatic nitrogens is 1. The average molecular weight is 166 g/mol. The molecule has 1 aromatic heterocycles. The van der Waals surface area contributed by atoms with E-state index >= 15 is 0 Å². The lowest BCUT2D eigenvalue weighted by atomic mass is 10.2. The van der Waals surface area contributed by atoms with Crippen molar-refractivity contribution in [2.45, 2.75) is 0 Å². The Kier molecular flexibility index (Phi) is 2.28. The molecule has 0 unspecified atom stereocenters. The maximum Gasteiger partial charge on any atom is 0.259 e. The van der Waals surface area contributed by atoms with Gasteiger partial charge in [-0.2, -0.15) is 4.73 Å². The third-order valence-corrected chi connectivity index (χ3v) is 1.43. The minimum atomic E-state index is -0.166. The monoisotopic (exact) mass is 166 g/mol. The summed E-state index contributed by atoms with van der Waals surface area (Å²) in [5.74, 6) is -0.166. The Bertz CT molecular complexity index is 297. The molecule has 0 saturated heterocycles. The van der Waals surface area contributed by atoms with Crippen LogP contribution in [-0.4, -0.2) is 24.9 Å². The van der Waals surface area contributed by atoms with Gasteiger partial charge in [0.05, 0.1) is 0 Å². The summed E-state index contributed by atoms with van der Waals surface area (Å²) in [6, 6.07) is 3.15. The van der Waals surface area contributed by atoms with Gasteiger partial charge in [-0.15, -0.1) is 0 Å². The van der Waals surface area contributed by atoms with Crippen LogP contribution in [0.3, 0.4) is 0 Å². The van der Waals surface area contributed by atoms with Crippen LogP contribution in [-0.2, 0) is 0 Å². The molecular formula is C8H10N2O2. The van der Waals surface area contributed by atoms with Gasteiger partial charge in [-0.3, -0.25) is 4.79 Å². The first-order chi connectivity index (χ1) is 5.61. The molecule has 1 heterocycles. The SMILES string of the molecule is CN(C)C(=O)c1ccc[n+]([O-])c1. The topological polar surface area (TPSA) is 47.2 Å². The molecular weight excluding hydrogens is 156 g/mol. The first-order valence-corrected chi connectivity index (χ1v) is 3.52. The van der Waals surface area contributed by atoms with E-state index in [1.54, 1.807) is 26.2 Å². The fourth-order valence-electron chi connectivity index (χ4n) is 0.839. The minimum absolute atomic E-state index is 0.166. The van der Waals surface area contributed by atoms with Gasteiger partial charge in [0.2, 0.25) is 0 Å². The van der Waals surface area contributed by atoms with E-state index in [0.717, 1.165) is 0 Å². The number of pyridine rings is 1. The van der Waals surface area contributed by atoms with Gasteiger partial charge in [0.1, 0.15) is 5.56 Å². The maximum absolute atomic E-state index is 11.3. The molecule has 0 atom stereocenters. The third-order valence-electron chi connectivity index (χ3n) is 1.43. The number of carbonyl (C=O) groups excluding carboxylic acids is 1. The second-order valence-corrected chi connectivity index (χ2v) is 2.65. The van der Waals surface area contributed by atoms with Crippen LogP contribution in [0.1, 0.15) is 10.4 Å². The molecule has 1 aromatic rings. The van der Waals surface area contributed by atoms with E-state index in [9.17, 15) is 10.0 Å². The molecule has 0 saturated carbocycles. The van der Waals surface area contributed by atoms with Gasteiger partial charge in [0.25, 0.3) is 5.91 Å². The van der Waals surface area contributed by atoms with Gasteiger partial charge in [-0.1, -0.05) is 0 Å². The van der Waals surface area contributed by atoms with Crippen LogP contribution in [0, 0.1) is 5.21 Å². The molecule has 1 rings (SSSR count). The summed E-state index contributed by atoms with van der Waals surface area (Å²) < 4.78 is 0.608. The van der Waals surface area contributed by atoms with Crippen molar-refractivity contribution in [2.75, 3.05) is 14.1 Å². The smallest absolute Gasteiger partial charge is 0.259 e. The Morgan fingerprint density at radius 3 is 2.75 bits per heavy atom. The molecule has 0 fully saturated rings. The van der Waals surface area contributed by atoms with Gasteiger partial charge in [0, 0.05) is 20.2 Å². The molecule has 0 aliphatic rings. The standard InChI is InChI=1S/C8H10N2O2/c1-9(2)8(11)7-4-3-5-10(12)6-7/h3-6H,1-2H3. The predicted molar refractivity (Wildman–Crippen MR) is 43.4 cm³/mol. The van der Waals surface area contributed by atoms with E-state index in [2.05, 4.69) is 0 Å². The van der Waals surface area contributed by atoms with Crippen molar-refractivity contribution in [2.24, 2.45) is 0 Å². The maximum atomic E-state index is 11.3. The Balaban J connectivity index is 2.96. The van der Waals surface area contributed by atoms with E-state index in [1.807, 2.05) is 0 Å². The lowest BCUT2D eigenvalue weighted by molar-refractivity contribution is -0.605. The molecule has 4 heteroatoms. The number of hydrogen-bond acceptors (Lipinski definition) is 2. The fourth-order valence-corrected chi connectivity index (χ4v) is 0.839. The normalized spacial score (nSPS) is 9.50. The van der Waals surface area contributed by atoms with Gasteiger partial charge < -0.3 is 10.1 Å². The first-order valence-electron chi connectivity index (χ1n) is 3.52. The third kappa shape index (κ3) is 1.72. The summed E-state index contributed by atoms with van der Waals surface area (Å²) in [6.45, 7) is 0. The van der Waals surface area contributed by atoms with E-state index in [0.29, 0.717) is 10.3 Å². The van der Waals surface area contributed by atoms with E-state index in [1.165, 1.54) is 17.3 Å². The van der Waals surface area contributed by atoms with Crippen LogP contribution in [0.5, 0.6) is 0 Å². The first kappa shape index (κ1) is 8.52. The molecule has 0 aromatic carbocycles. The lowest BCUT2D eigenvalue weighted by Crippen LogP contribution is -2.29. The summed E-state index contributed by atoms with van der Waals surface area (Å²) in [5.41, 5.74) is 0.400. The van der Waals surface area contributed by atoms with Gasteiger partial charge in [-0.05, 0) is 6.07 Å². The largest absolute Gasteiger partial charge is 0.619 e. The number of carbonyl (C=O) groups is 1. The van der Waals surface area contributed by atoms with Crippen molar-refractivity contribution in [1.82, 2.24) is 4.90 Å². The number of nitrogens with zero attached hydrogens (tertiary/aromatic N) is 2. The number of amides is 1. The zero-order valence-corrected chi connectivity index (χ0v) is 7.02. The predicted octanol–water partition coefficient (Wildman–Crippen LogP) is 0.0218. The van der Waals surface area contributed by atoms with Crippen molar-refractivity contribution >= 4 is 5.91 Å². The molecule has 1 amide bonds.